The van der Waals surface area contributed by atoms with Crippen molar-refractivity contribution in [1.82, 2.24) is 20.3 Å². The van der Waals surface area contributed by atoms with Crippen molar-refractivity contribution >= 4 is 28.9 Å². The van der Waals surface area contributed by atoms with Gasteiger partial charge in [-0.2, -0.15) is 0 Å². The molecule has 0 saturated carbocycles. The van der Waals surface area contributed by atoms with Crippen LogP contribution in [0, 0.1) is 10.1 Å². The van der Waals surface area contributed by atoms with E-state index in [2.05, 4.69) is 15.6 Å². The van der Waals surface area contributed by atoms with Gasteiger partial charge in [-0.05, 0) is 0 Å². The second-order valence-corrected chi connectivity index (χ2v) is 5.52. The van der Waals surface area contributed by atoms with Crippen molar-refractivity contribution in [2.45, 2.75) is 26.4 Å². The standard InChI is InChI=1S/C12H13Cl2N5O2/c1-7(2)15-5-8-6-18(17-16-8)12-10(13)3-9(19(20)21)4-11(12)14/h3-4,6-7,15H,5H2,1-2H3. The molecule has 0 radical (unpaired) electrons. The average molecular weight is 330 g/mol. The van der Waals surface area contributed by atoms with Gasteiger partial charge < -0.3 is 5.32 Å². The van der Waals surface area contributed by atoms with Gasteiger partial charge in [-0.25, -0.2) is 4.68 Å². The van der Waals surface area contributed by atoms with Crippen LogP contribution >= 0.6 is 23.2 Å². The van der Waals surface area contributed by atoms with Gasteiger partial charge in [-0.15, -0.1) is 5.10 Å². The molecule has 2 rings (SSSR count). The van der Waals surface area contributed by atoms with Crippen LogP contribution in [0.15, 0.2) is 18.3 Å². The Kier molecular flexibility index (Phi) is 4.76. The predicted octanol–water partition coefficient (Wildman–Crippen LogP) is 2.98. The topological polar surface area (TPSA) is 85.9 Å². The Bertz CT molecular complexity index is 648. The fourth-order valence-electron chi connectivity index (χ4n) is 1.67. The summed E-state index contributed by atoms with van der Waals surface area (Å²) < 4.78 is 1.41. The quantitative estimate of drug-likeness (QED) is 0.673. The van der Waals surface area contributed by atoms with Gasteiger partial charge in [-0.3, -0.25) is 10.1 Å². The lowest BCUT2D eigenvalue weighted by molar-refractivity contribution is -0.384. The second kappa shape index (κ2) is 6.38. The van der Waals surface area contributed by atoms with E-state index in [0.717, 1.165) is 0 Å². The van der Waals surface area contributed by atoms with Gasteiger partial charge in [0.05, 0.1) is 26.9 Å². The van der Waals surface area contributed by atoms with Crippen molar-refractivity contribution in [2.24, 2.45) is 0 Å². The van der Waals surface area contributed by atoms with E-state index < -0.39 is 4.92 Å². The molecule has 0 fully saturated rings. The molecule has 0 aliphatic carbocycles. The number of nitro groups is 1. The normalized spacial score (nSPS) is 11.1. The molecule has 0 aliphatic heterocycles. The number of aromatic nitrogens is 3. The second-order valence-electron chi connectivity index (χ2n) is 4.71. The molecule has 7 nitrogen and oxygen atoms in total. The number of nitro benzene ring substituents is 1. The maximum absolute atomic E-state index is 10.8. The third kappa shape index (κ3) is 3.69. The van der Waals surface area contributed by atoms with Crippen LogP contribution in [0.5, 0.6) is 0 Å². The van der Waals surface area contributed by atoms with E-state index in [1.165, 1.54) is 16.8 Å². The summed E-state index contributed by atoms with van der Waals surface area (Å²) in [7, 11) is 0. The molecule has 1 aromatic heterocycles. The molecule has 112 valence electrons. The molecule has 1 N–H and O–H groups in total. The van der Waals surface area contributed by atoms with E-state index in [4.69, 9.17) is 23.2 Å². The van der Waals surface area contributed by atoms with E-state index in [1.807, 2.05) is 13.8 Å². The lowest BCUT2D eigenvalue weighted by Crippen LogP contribution is -2.21. The zero-order valence-corrected chi connectivity index (χ0v) is 12.9. The number of nitrogens with one attached hydrogen (secondary N) is 1. The molecular formula is C12H13Cl2N5O2. The monoisotopic (exact) mass is 329 g/mol. The highest BCUT2D eigenvalue weighted by Gasteiger charge is 2.17. The number of benzene rings is 1. The molecule has 9 heteroatoms. The van der Waals surface area contributed by atoms with Crippen molar-refractivity contribution in [3.63, 3.8) is 0 Å². The van der Waals surface area contributed by atoms with Gasteiger partial charge in [0, 0.05) is 24.7 Å². The smallest absolute Gasteiger partial charge is 0.272 e. The van der Waals surface area contributed by atoms with E-state index in [-0.39, 0.29) is 15.7 Å². The molecular weight excluding hydrogens is 317 g/mol. The Morgan fingerprint density at radius 2 is 2.00 bits per heavy atom. The Balaban J connectivity index is 2.32. The SMILES string of the molecule is CC(C)NCc1cn(-c2c(Cl)cc([N+](=O)[O-])cc2Cl)nn1. The first-order valence-corrected chi connectivity index (χ1v) is 6.92. The minimum absolute atomic E-state index is 0.141. The Morgan fingerprint density at radius 1 is 1.38 bits per heavy atom. The zero-order chi connectivity index (χ0) is 15.6. The Labute approximate surface area is 131 Å². The minimum atomic E-state index is -0.555. The number of halogens is 2. The van der Waals surface area contributed by atoms with Gasteiger partial charge in [0.1, 0.15) is 5.69 Å². The van der Waals surface area contributed by atoms with E-state index in [1.54, 1.807) is 6.20 Å². The molecule has 2 aromatic rings. The highest BCUT2D eigenvalue weighted by Crippen LogP contribution is 2.32. The minimum Gasteiger partial charge on any atom is -0.309 e. The van der Waals surface area contributed by atoms with Crippen LogP contribution in [-0.4, -0.2) is 26.0 Å². The largest absolute Gasteiger partial charge is 0.309 e. The van der Waals surface area contributed by atoms with Crippen LogP contribution in [0.4, 0.5) is 5.69 Å². The summed E-state index contributed by atoms with van der Waals surface area (Å²) in [4.78, 5) is 10.2. The fraction of sp³-hybridized carbons (Fsp3) is 0.333. The van der Waals surface area contributed by atoms with Crippen LogP contribution in [-0.2, 0) is 6.54 Å². The fourth-order valence-corrected chi connectivity index (χ4v) is 2.32. The van der Waals surface area contributed by atoms with Gasteiger partial charge in [0.2, 0.25) is 0 Å². The lowest BCUT2D eigenvalue weighted by atomic mass is 10.3. The first-order chi connectivity index (χ1) is 9.88. The van der Waals surface area contributed by atoms with Crippen molar-refractivity contribution < 1.29 is 4.92 Å². The lowest BCUT2D eigenvalue weighted by Gasteiger charge is -2.06. The third-order valence-corrected chi connectivity index (χ3v) is 3.25. The summed E-state index contributed by atoms with van der Waals surface area (Å²) in [5, 5.41) is 22.2. The molecule has 1 heterocycles. The number of rotatable bonds is 5. The number of hydrogen-bond donors (Lipinski definition) is 1. The predicted molar refractivity (Wildman–Crippen MR) is 80.0 cm³/mol. The van der Waals surface area contributed by atoms with Crippen LogP contribution in [0.25, 0.3) is 5.69 Å². The molecule has 0 bridgehead atoms. The average Bonchev–Trinajstić information content (AvgIpc) is 2.84. The summed E-state index contributed by atoms with van der Waals surface area (Å²) in [6.45, 7) is 4.60. The van der Waals surface area contributed by atoms with Crippen molar-refractivity contribution in [3.8, 4) is 5.69 Å². The first-order valence-electron chi connectivity index (χ1n) is 6.17. The molecule has 0 aliphatic rings. The van der Waals surface area contributed by atoms with Gasteiger partial charge >= 0.3 is 0 Å². The van der Waals surface area contributed by atoms with Crippen LogP contribution in [0.3, 0.4) is 0 Å². The highest BCUT2D eigenvalue weighted by molar-refractivity contribution is 6.38. The van der Waals surface area contributed by atoms with E-state index >= 15 is 0 Å². The summed E-state index contributed by atoms with van der Waals surface area (Å²) in [6.07, 6.45) is 1.67. The third-order valence-electron chi connectivity index (χ3n) is 2.67. The maximum atomic E-state index is 10.8. The van der Waals surface area contributed by atoms with Crippen molar-refractivity contribution in [2.75, 3.05) is 0 Å². The summed E-state index contributed by atoms with van der Waals surface area (Å²) in [6, 6.07) is 2.79. The molecule has 1 aromatic carbocycles. The molecule has 0 saturated heterocycles. The Hall–Kier alpha value is -1.70. The number of hydrogen-bond acceptors (Lipinski definition) is 5. The van der Waals surface area contributed by atoms with Crippen molar-refractivity contribution in [3.05, 3.63) is 44.2 Å². The molecule has 21 heavy (non-hydrogen) atoms. The zero-order valence-electron chi connectivity index (χ0n) is 11.4. The molecule has 0 unspecified atom stereocenters. The molecule has 0 amide bonds. The van der Waals surface area contributed by atoms with Crippen molar-refractivity contribution in [1.29, 1.82) is 0 Å². The van der Waals surface area contributed by atoms with Crippen LogP contribution < -0.4 is 5.32 Å². The summed E-state index contributed by atoms with van der Waals surface area (Å²) in [5.74, 6) is 0. The van der Waals surface area contributed by atoms with Crippen LogP contribution in [0.2, 0.25) is 10.0 Å². The highest BCUT2D eigenvalue weighted by atomic mass is 35.5. The summed E-state index contributed by atoms with van der Waals surface area (Å²) >= 11 is 12.1. The van der Waals surface area contributed by atoms with E-state index in [9.17, 15) is 10.1 Å². The number of nitrogens with zero attached hydrogens (tertiary/aromatic N) is 4. The maximum Gasteiger partial charge on any atom is 0.272 e. The van der Waals surface area contributed by atoms with Gasteiger partial charge in [-0.1, -0.05) is 42.3 Å². The molecule has 0 spiro atoms. The molecule has 0 atom stereocenters. The van der Waals surface area contributed by atoms with Crippen LogP contribution in [0.1, 0.15) is 19.5 Å². The number of non-ortho nitro benzene ring substituents is 1. The van der Waals surface area contributed by atoms with Gasteiger partial charge in [0.25, 0.3) is 5.69 Å². The summed E-state index contributed by atoms with van der Waals surface area (Å²) in [5.41, 5.74) is 0.914. The van der Waals surface area contributed by atoms with E-state index in [0.29, 0.717) is 24.0 Å². The van der Waals surface area contributed by atoms with Gasteiger partial charge in [0.15, 0.2) is 0 Å². The Morgan fingerprint density at radius 3 is 2.52 bits per heavy atom. The first kappa shape index (κ1) is 15.7.